The molecule has 0 unspecified atom stereocenters. The molecule has 2 aromatic rings. The highest BCUT2D eigenvalue weighted by molar-refractivity contribution is 5.90. The van der Waals surface area contributed by atoms with Crippen LogP contribution >= 0.6 is 0 Å². The summed E-state index contributed by atoms with van der Waals surface area (Å²) in [6.45, 7) is 1.58. The van der Waals surface area contributed by atoms with Crippen LogP contribution in [-0.2, 0) is 11.3 Å². The first-order valence-corrected chi connectivity index (χ1v) is 5.75. The van der Waals surface area contributed by atoms with Crippen LogP contribution in [-0.4, -0.2) is 22.3 Å². The van der Waals surface area contributed by atoms with E-state index in [0.29, 0.717) is 0 Å². The highest BCUT2D eigenvalue weighted by atomic mass is 16.6. The number of amides is 1. The zero-order valence-electron chi connectivity index (χ0n) is 10.6. The number of hydrogen-bond acceptors (Lipinski definition) is 5. The van der Waals surface area contributed by atoms with Gasteiger partial charge in [0.25, 0.3) is 0 Å². The Balaban J connectivity index is 1.93. The summed E-state index contributed by atoms with van der Waals surface area (Å²) in [5, 5.41) is 14.4. The highest BCUT2D eigenvalue weighted by Crippen LogP contribution is 2.18. The van der Waals surface area contributed by atoms with Crippen molar-refractivity contribution in [1.29, 1.82) is 0 Å². The third kappa shape index (κ3) is 3.14. The van der Waals surface area contributed by atoms with Gasteiger partial charge in [0.05, 0.1) is 0 Å². The van der Waals surface area contributed by atoms with E-state index in [4.69, 9.17) is 14.4 Å². The van der Waals surface area contributed by atoms with Crippen LogP contribution in [0.5, 0.6) is 0 Å². The van der Waals surface area contributed by atoms with Gasteiger partial charge in [0.2, 0.25) is 5.88 Å². The summed E-state index contributed by atoms with van der Waals surface area (Å²) < 4.78 is 9.71. The number of ether oxygens (including phenoxy) is 1. The van der Waals surface area contributed by atoms with Crippen molar-refractivity contribution in [2.75, 3.05) is 5.32 Å². The molecule has 0 fully saturated rings. The van der Waals surface area contributed by atoms with Gasteiger partial charge in [0, 0.05) is 5.56 Å². The van der Waals surface area contributed by atoms with Gasteiger partial charge in [-0.1, -0.05) is 35.5 Å². The number of rotatable bonds is 4. The Morgan fingerprint density at radius 3 is 2.65 bits per heavy atom. The molecule has 1 aromatic heterocycles. The number of nitrogens with one attached hydrogen (secondary N) is 1. The first kappa shape index (κ1) is 13.6. The standard InChI is InChI=1S/C13H12N2O5/c1-8-10(12(16)17)15-20-11(8)14-13(18)19-7-9-5-3-2-4-6-9/h2-6H,7H2,1H3,(H,14,18)(H,16,17). The van der Waals surface area contributed by atoms with Crippen molar-refractivity contribution in [2.24, 2.45) is 0 Å². The second-order valence-electron chi connectivity index (χ2n) is 3.98. The molecule has 0 aliphatic heterocycles. The summed E-state index contributed by atoms with van der Waals surface area (Å²) in [6, 6.07) is 9.15. The monoisotopic (exact) mass is 276 g/mol. The van der Waals surface area contributed by atoms with Crippen molar-refractivity contribution in [2.45, 2.75) is 13.5 Å². The number of anilines is 1. The Morgan fingerprint density at radius 2 is 2.05 bits per heavy atom. The van der Waals surface area contributed by atoms with Crippen LogP contribution in [0.25, 0.3) is 0 Å². The summed E-state index contributed by atoms with van der Waals surface area (Å²) in [4.78, 5) is 22.3. The molecular weight excluding hydrogens is 264 g/mol. The Bertz CT molecular complexity index is 621. The van der Waals surface area contributed by atoms with Gasteiger partial charge in [-0.15, -0.1) is 0 Å². The van der Waals surface area contributed by atoms with Gasteiger partial charge in [-0.2, -0.15) is 0 Å². The molecule has 1 aromatic carbocycles. The average molecular weight is 276 g/mol. The largest absolute Gasteiger partial charge is 0.476 e. The number of benzene rings is 1. The van der Waals surface area contributed by atoms with Crippen LogP contribution in [0.4, 0.5) is 10.7 Å². The molecule has 2 rings (SSSR count). The van der Waals surface area contributed by atoms with Crippen LogP contribution in [0.15, 0.2) is 34.9 Å². The molecule has 7 heteroatoms. The Labute approximate surface area is 114 Å². The van der Waals surface area contributed by atoms with Gasteiger partial charge < -0.3 is 14.4 Å². The van der Waals surface area contributed by atoms with Gasteiger partial charge in [0.1, 0.15) is 6.61 Å². The van der Waals surface area contributed by atoms with Gasteiger partial charge in [-0.05, 0) is 12.5 Å². The summed E-state index contributed by atoms with van der Waals surface area (Å²) in [7, 11) is 0. The molecule has 0 aliphatic carbocycles. The molecule has 0 saturated carbocycles. The SMILES string of the molecule is Cc1c(C(=O)O)noc1NC(=O)OCc1ccccc1. The fourth-order valence-electron chi connectivity index (χ4n) is 1.50. The Kier molecular flexibility index (Phi) is 3.99. The zero-order valence-corrected chi connectivity index (χ0v) is 10.6. The summed E-state index contributed by atoms with van der Waals surface area (Å²) in [6.07, 6.45) is -0.745. The Hall–Kier alpha value is -2.83. The lowest BCUT2D eigenvalue weighted by Crippen LogP contribution is -2.13. The zero-order chi connectivity index (χ0) is 14.5. The van der Waals surface area contributed by atoms with Crippen molar-refractivity contribution in [1.82, 2.24) is 5.16 Å². The van der Waals surface area contributed by atoms with E-state index < -0.39 is 12.1 Å². The second-order valence-corrected chi connectivity index (χ2v) is 3.98. The maximum Gasteiger partial charge on any atom is 0.414 e. The van der Waals surface area contributed by atoms with Crippen molar-refractivity contribution in [3.63, 3.8) is 0 Å². The number of hydrogen-bond donors (Lipinski definition) is 2. The molecule has 0 aliphatic rings. The third-order valence-corrected chi connectivity index (χ3v) is 2.55. The summed E-state index contributed by atoms with van der Waals surface area (Å²) >= 11 is 0. The van der Waals surface area contributed by atoms with Crippen LogP contribution < -0.4 is 5.32 Å². The summed E-state index contributed by atoms with van der Waals surface area (Å²) in [5.41, 5.74) is 0.820. The van der Waals surface area contributed by atoms with E-state index in [1.54, 1.807) is 0 Å². The lowest BCUT2D eigenvalue weighted by atomic mass is 10.2. The maximum atomic E-state index is 11.5. The fourth-order valence-corrected chi connectivity index (χ4v) is 1.50. The fraction of sp³-hybridized carbons (Fsp3) is 0.154. The highest BCUT2D eigenvalue weighted by Gasteiger charge is 2.19. The molecule has 20 heavy (non-hydrogen) atoms. The number of carbonyl (C=O) groups is 2. The van der Waals surface area contributed by atoms with E-state index >= 15 is 0 Å². The topological polar surface area (TPSA) is 102 Å². The molecule has 7 nitrogen and oxygen atoms in total. The van der Waals surface area contributed by atoms with Crippen LogP contribution in [0.2, 0.25) is 0 Å². The minimum absolute atomic E-state index is 0.0412. The average Bonchev–Trinajstić information content (AvgIpc) is 2.79. The molecule has 0 saturated heterocycles. The number of nitrogens with zero attached hydrogens (tertiary/aromatic N) is 1. The van der Waals surface area contributed by atoms with Crippen LogP contribution in [0.3, 0.4) is 0 Å². The van der Waals surface area contributed by atoms with E-state index in [9.17, 15) is 9.59 Å². The van der Waals surface area contributed by atoms with Gasteiger partial charge in [0.15, 0.2) is 5.69 Å². The van der Waals surface area contributed by atoms with Crippen molar-refractivity contribution in [3.8, 4) is 0 Å². The van der Waals surface area contributed by atoms with Crippen molar-refractivity contribution < 1.29 is 24.0 Å². The van der Waals surface area contributed by atoms with Crippen molar-refractivity contribution >= 4 is 17.9 Å². The molecule has 2 N–H and O–H groups in total. The van der Waals surface area contributed by atoms with Crippen LogP contribution in [0.1, 0.15) is 21.6 Å². The molecule has 0 atom stereocenters. The van der Waals surface area contributed by atoms with Gasteiger partial charge in [-0.25, -0.2) is 9.59 Å². The predicted octanol–water partition coefficient (Wildman–Crippen LogP) is 2.43. The van der Waals surface area contributed by atoms with Crippen molar-refractivity contribution in [3.05, 3.63) is 47.2 Å². The van der Waals surface area contributed by atoms with E-state index in [1.807, 2.05) is 30.3 Å². The normalized spacial score (nSPS) is 10.1. The first-order valence-electron chi connectivity index (χ1n) is 5.75. The smallest absolute Gasteiger partial charge is 0.414 e. The molecule has 0 radical (unpaired) electrons. The lowest BCUT2D eigenvalue weighted by molar-refractivity contribution is 0.0685. The molecule has 1 amide bonds. The number of aromatic nitrogens is 1. The molecular formula is C13H12N2O5. The second kappa shape index (κ2) is 5.87. The minimum Gasteiger partial charge on any atom is -0.476 e. The summed E-state index contributed by atoms with van der Waals surface area (Å²) in [5.74, 6) is -1.27. The van der Waals surface area contributed by atoms with E-state index in [-0.39, 0.29) is 23.7 Å². The number of carboxylic acids is 1. The number of carbonyl (C=O) groups excluding carboxylic acids is 1. The predicted molar refractivity (Wildman–Crippen MR) is 68.4 cm³/mol. The maximum absolute atomic E-state index is 11.5. The third-order valence-electron chi connectivity index (χ3n) is 2.55. The molecule has 0 spiro atoms. The lowest BCUT2D eigenvalue weighted by Gasteiger charge is -2.05. The van der Waals surface area contributed by atoms with Gasteiger partial charge in [-0.3, -0.25) is 5.32 Å². The van der Waals surface area contributed by atoms with E-state index in [1.165, 1.54) is 6.92 Å². The molecule has 104 valence electrons. The van der Waals surface area contributed by atoms with E-state index in [0.717, 1.165) is 5.56 Å². The molecule has 0 bridgehead atoms. The van der Waals surface area contributed by atoms with E-state index in [2.05, 4.69) is 10.5 Å². The van der Waals surface area contributed by atoms with Gasteiger partial charge >= 0.3 is 12.1 Å². The minimum atomic E-state index is -1.23. The van der Waals surface area contributed by atoms with Crippen LogP contribution in [0, 0.1) is 6.92 Å². The molecule has 1 heterocycles. The quantitative estimate of drug-likeness (QED) is 0.889. The Morgan fingerprint density at radius 1 is 1.35 bits per heavy atom. The number of aromatic carboxylic acids is 1. The first-order chi connectivity index (χ1) is 9.58. The number of carboxylic acid groups (broad SMARTS) is 1.